The summed E-state index contributed by atoms with van der Waals surface area (Å²) in [6.07, 6.45) is 5.45. The average molecular weight is 1120 g/mol. The summed E-state index contributed by atoms with van der Waals surface area (Å²) in [6.45, 7) is 11.1. The van der Waals surface area contributed by atoms with Crippen LogP contribution in [0.5, 0.6) is 11.5 Å². The smallest absolute Gasteiger partial charge is 0.268 e. The molecule has 0 N–H and O–H groups in total. The first kappa shape index (κ1) is 34.9. The first-order valence-corrected chi connectivity index (χ1v) is 25.8. The fourth-order valence-corrected chi connectivity index (χ4v) is 12.6. The van der Waals surface area contributed by atoms with Crippen LogP contribution in [0.4, 0.5) is 5.69 Å². The van der Waals surface area contributed by atoms with Crippen LogP contribution in [0, 0.1) is 18.5 Å². The van der Waals surface area contributed by atoms with Crippen molar-refractivity contribution < 1.29 is 44.1 Å². The minimum absolute atomic E-state index is 0. The normalized spacial score (nSPS) is 14.8. The summed E-state index contributed by atoms with van der Waals surface area (Å²) < 4.78 is 101. The van der Waals surface area contributed by atoms with Crippen molar-refractivity contribution in [1.82, 2.24) is 14.1 Å². The van der Waals surface area contributed by atoms with Crippen molar-refractivity contribution in [3.63, 3.8) is 0 Å². The molecular weight excluding hydrogens is 1050 g/mol. The molecule has 1 aliphatic rings. The number of rotatable bonds is 8. The minimum atomic E-state index is -2.67. The number of para-hydroxylation sites is 1. The monoisotopic (exact) mass is 1110 g/mol. The van der Waals surface area contributed by atoms with Crippen LogP contribution < -0.4 is 24.6 Å². The van der Waals surface area contributed by atoms with E-state index in [-0.39, 0.29) is 54.4 Å². The van der Waals surface area contributed by atoms with E-state index in [1.165, 1.54) is 0 Å². The molecule has 12 rings (SSSR count). The number of hydrogen-bond acceptors (Lipinski definition) is 3. The maximum Gasteiger partial charge on any atom is 0.268 e. The minimum Gasteiger partial charge on any atom is -0.510 e. The molecule has 6 nitrogen and oxygen atoms in total. The van der Waals surface area contributed by atoms with Gasteiger partial charge in [-0.25, -0.2) is 4.98 Å². The summed E-state index contributed by atoms with van der Waals surface area (Å²) in [5, 5.41) is 4.08. The first-order valence-electron chi connectivity index (χ1n) is 27.8. The van der Waals surface area contributed by atoms with E-state index in [1.54, 1.807) is 22.8 Å². The Balaban J connectivity index is 0.00000675. The molecule has 0 bridgehead atoms. The Kier molecular flexibility index (Phi) is 8.61. The third kappa shape index (κ3) is 7.51. The van der Waals surface area contributed by atoms with Crippen LogP contribution in [-0.2, 0) is 26.5 Å². The maximum absolute atomic E-state index is 9.21. The van der Waals surface area contributed by atoms with Crippen LogP contribution in [0.15, 0.2) is 182 Å². The molecule has 0 radical (unpaired) electrons. The number of nitrogens with zero attached hydrogens (tertiary/aromatic N) is 5. The van der Waals surface area contributed by atoms with Gasteiger partial charge < -0.3 is 18.8 Å². The maximum atomic E-state index is 9.21. The van der Waals surface area contributed by atoms with Gasteiger partial charge in [-0.05, 0) is 85.8 Å². The zero-order valence-electron chi connectivity index (χ0n) is 49.5. The fraction of sp³-hybridized carbons (Fsp3) is 0.129. The molecule has 8 aromatic carbocycles. The van der Waals surface area contributed by atoms with Gasteiger partial charge in [-0.1, -0.05) is 166 Å². The second kappa shape index (κ2) is 17.3. The molecule has 0 atom stereocenters. The van der Waals surface area contributed by atoms with Gasteiger partial charge >= 0.3 is 0 Å². The Hall–Kier alpha value is -7.31. The molecule has 70 heavy (non-hydrogen) atoms. The van der Waals surface area contributed by atoms with E-state index < -0.39 is 68.5 Å². The summed E-state index contributed by atoms with van der Waals surface area (Å²) in [5.74, 6) is 1.59. The van der Waals surface area contributed by atoms with Crippen LogP contribution in [0.2, 0.25) is 13.1 Å². The average Bonchev–Trinajstić information content (AvgIpc) is 4.08. The molecule has 1 aliphatic heterocycles. The molecule has 0 unspecified atom stereocenters. The first-order chi connectivity index (χ1) is 37.6. The van der Waals surface area contributed by atoms with Crippen molar-refractivity contribution in [3.05, 3.63) is 206 Å². The van der Waals surface area contributed by atoms with E-state index in [2.05, 4.69) is 118 Å². The number of imidazole rings is 1. The third-order valence-corrected chi connectivity index (χ3v) is 16.8. The second-order valence-electron chi connectivity index (χ2n) is 19.2. The number of benzene rings is 8. The Bertz CT molecular complexity index is 4270. The van der Waals surface area contributed by atoms with Gasteiger partial charge in [0.2, 0.25) is 0 Å². The number of pyridine rings is 1. The van der Waals surface area contributed by atoms with Crippen molar-refractivity contribution in [2.24, 2.45) is 0 Å². The SMILES string of the molecule is [2H]c1c([2H])c([2H])c(-c2cccc(-c3c([2H])c([2H])c([2H])c([2H])c3[2H])c2-[n+]2[c-]n3c4c(cc(N(C)C)cc42)[Si](C)(C)c2ccc(Oc4[c-]c5c(cc4)c4cc(-c6ccccc6)ccc4n5-c4cc(C(C)(C)C)ccn4)[c-]c2-3)c([2H])c1[2H].[Pt]. The van der Waals surface area contributed by atoms with E-state index in [4.69, 9.17) is 17.9 Å². The van der Waals surface area contributed by atoms with E-state index >= 15 is 0 Å². The quantitative estimate of drug-likeness (QED) is 0.0865. The number of anilines is 1. The molecule has 3 aromatic heterocycles. The summed E-state index contributed by atoms with van der Waals surface area (Å²) in [5.41, 5.74) is 8.06. The van der Waals surface area contributed by atoms with Gasteiger partial charge in [0.1, 0.15) is 5.82 Å². The molecule has 0 saturated carbocycles. The number of ether oxygens (including phenoxy) is 1. The molecule has 0 fully saturated rings. The Morgan fingerprint density at radius 2 is 1.36 bits per heavy atom. The van der Waals surface area contributed by atoms with Crippen molar-refractivity contribution in [1.29, 1.82) is 0 Å². The van der Waals surface area contributed by atoms with Crippen LogP contribution in [-0.4, -0.2) is 36.3 Å². The van der Waals surface area contributed by atoms with Gasteiger partial charge in [-0.15, -0.1) is 34.8 Å². The van der Waals surface area contributed by atoms with Crippen molar-refractivity contribution in [2.45, 2.75) is 39.3 Å². The molecule has 8 heteroatoms. The van der Waals surface area contributed by atoms with Gasteiger partial charge in [-0.3, -0.25) is 4.57 Å². The van der Waals surface area contributed by atoms with Crippen LogP contribution in [0.25, 0.3) is 83.4 Å². The Morgan fingerprint density at radius 3 is 2.04 bits per heavy atom. The van der Waals surface area contributed by atoms with Crippen molar-refractivity contribution in [2.75, 3.05) is 19.0 Å². The van der Waals surface area contributed by atoms with Gasteiger partial charge in [0.25, 0.3) is 6.33 Å². The van der Waals surface area contributed by atoms with Gasteiger partial charge in [-0.2, -0.15) is 12.1 Å². The van der Waals surface area contributed by atoms with E-state index in [9.17, 15) is 5.48 Å². The number of hydrogen-bond donors (Lipinski definition) is 0. The van der Waals surface area contributed by atoms with E-state index in [0.717, 1.165) is 65.9 Å². The van der Waals surface area contributed by atoms with Gasteiger partial charge in [0.05, 0.1) is 30.4 Å². The van der Waals surface area contributed by atoms with Crippen molar-refractivity contribution >= 4 is 57.0 Å². The van der Waals surface area contributed by atoms with E-state index in [1.807, 2.05) is 66.2 Å². The molecular formula is C62H51N5OPtSi-2. The van der Waals surface area contributed by atoms with Gasteiger partial charge in [0, 0.05) is 72.1 Å². The van der Waals surface area contributed by atoms with Crippen molar-refractivity contribution in [3.8, 4) is 62.1 Å². The van der Waals surface area contributed by atoms with E-state index in [0.29, 0.717) is 22.7 Å². The number of aromatic nitrogens is 4. The largest absolute Gasteiger partial charge is 0.510 e. The zero-order valence-corrected chi connectivity index (χ0v) is 42.8. The number of fused-ring (bicyclic) bond motifs is 5. The van der Waals surface area contributed by atoms with Crippen LogP contribution in [0.3, 0.4) is 0 Å². The predicted molar refractivity (Wildman–Crippen MR) is 286 cm³/mol. The third-order valence-electron chi connectivity index (χ3n) is 13.3. The van der Waals surface area contributed by atoms with Crippen LogP contribution in [0.1, 0.15) is 40.0 Å². The molecule has 11 aromatic rings. The zero-order chi connectivity index (χ0) is 55.9. The topological polar surface area (TPSA) is 39.1 Å². The summed E-state index contributed by atoms with van der Waals surface area (Å²) in [7, 11) is 1.21. The summed E-state index contributed by atoms with van der Waals surface area (Å²) in [6, 6.07) is 40.0. The summed E-state index contributed by atoms with van der Waals surface area (Å²) in [4.78, 5) is 6.91. The molecule has 346 valence electrons. The molecule has 0 amide bonds. The summed E-state index contributed by atoms with van der Waals surface area (Å²) >= 11 is 0. The molecule has 0 saturated heterocycles. The second-order valence-corrected chi connectivity index (χ2v) is 23.5. The predicted octanol–water partition coefficient (Wildman–Crippen LogP) is 13.1. The molecule has 4 heterocycles. The van der Waals surface area contributed by atoms with Gasteiger partial charge in [0.15, 0.2) is 0 Å². The standard InChI is InChI=1S/C62H51N5OSi.Pt/c1-62(2,3)45-32-33-63-59(35-45)67-53-30-26-44(41-18-11-8-12-19-41)34-52(53)51-29-27-47(38-54(51)67)68-48-28-31-57-55(39-48)65-40-66(56-36-46(64(4)5)37-58(61(56)65)69(57,6)7)60-49(42-20-13-9-14-21-42)24-17-25-50(60)43-22-15-10-16-23-43;/h8-37H,1-7H3;/q-2;/i9D,10D,13D,14D,15D,16D,20D,21D,22D,23D;. The Morgan fingerprint density at radius 1 is 0.671 bits per heavy atom. The molecule has 0 spiro atoms. The fourth-order valence-electron chi connectivity index (χ4n) is 9.74. The van der Waals surface area contributed by atoms with Crippen LogP contribution >= 0.6 is 0 Å². The Labute approximate surface area is 439 Å². The molecule has 0 aliphatic carbocycles.